The van der Waals surface area contributed by atoms with Gasteiger partial charge in [-0.25, -0.2) is 0 Å². The first-order chi connectivity index (χ1) is 15.4. The maximum Gasteiger partial charge on any atom is 0.348 e. The summed E-state index contributed by atoms with van der Waals surface area (Å²) in [6.07, 6.45) is 0. The third kappa shape index (κ3) is 7.48. The smallest absolute Gasteiger partial charge is 0.308 e. The lowest BCUT2D eigenvalue weighted by Crippen LogP contribution is -2.06. The molecule has 0 bridgehead atoms. The first kappa shape index (κ1) is 27.7. The molecule has 0 aromatic heterocycles. The van der Waals surface area contributed by atoms with Crippen molar-refractivity contribution in [1.29, 1.82) is 0 Å². The molecule has 2 atom stereocenters. The quantitative estimate of drug-likeness (QED) is 0.172. The fourth-order valence-electron chi connectivity index (χ4n) is 2.99. The molecule has 10 heteroatoms. The van der Waals surface area contributed by atoms with Gasteiger partial charge in [0.15, 0.2) is 0 Å². The number of hydrogen-bond acceptors (Lipinski definition) is 8. The van der Waals surface area contributed by atoms with E-state index in [-0.39, 0.29) is 26.4 Å². The molecule has 2 aromatic carbocycles. The third-order valence-corrected chi connectivity index (χ3v) is 14.0. The van der Waals surface area contributed by atoms with E-state index in [1.165, 1.54) is 21.6 Å². The van der Waals surface area contributed by atoms with Gasteiger partial charge in [-0.15, -0.1) is 0 Å². The van der Waals surface area contributed by atoms with E-state index in [4.69, 9.17) is 18.1 Å². The van der Waals surface area contributed by atoms with Crippen LogP contribution in [0.2, 0.25) is 0 Å². The van der Waals surface area contributed by atoms with Gasteiger partial charge in [0.1, 0.15) is 9.98 Å². The van der Waals surface area contributed by atoms with Crippen LogP contribution in [0.1, 0.15) is 48.8 Å². The van der Waals surface area contributed by atoms with Gasteiger partial charge in [-0.3, -0.25) is 9.13 Å². The van der Waals surface area contributed by atoms with E-state index in [1.54, 1.807) is 27.7 Å². The Morgan fingerprint density at radius 3 is 1.12 bits per heavy atom. The first-order valence-corrected chi connectivity index (χ1v) is 16.1. The lowest BCUT2D eigenvalue weighted by Gasteiger charge is -2.29. The Kier molecular flexibility index (Phi) is 12.1. The summed E-state index contributed by atoms with van der Waals surface area (Å²) >= 11 is 0. The summed E-state index contributed by atoms with van der Waals surface area (Å²) in [5.74, 6) is 0. The molecule has 2 aromatic rings. The van der Waals surface area contributed by atoms with Crippen LogP contribution in [0, 0.1) is 0 Å². The van der Waals surface area contributed by atoms with Gasteiger partial charge in [-0.1, -0.05) is 82.3 Å². The molecule has 0 radical (unpaired) electrons. The van der Waals surface area contributed by atoms with E-state index < -0.39 is 25.2 Å². The van der Waals surface area contributed by atoms with Crippen LogP contribution in [0.4, 0.5) is 0 Å². The Bertz CT molecular complexity index is 791. The highest BCUT2D eigenvalue weighted by Crippen LogP contribution is 2.74. The molecule has 0 aliphatic heterocycles. The molecule has 0 amide bonds. The van der Waals surface area contributed by atoms with E-state index >= 15 is 0 Å². The van der Waals surface area contributed by atoms with Crippen molar-refractivity contribution in [2.24, 2.45) is 0 Å². The van der Waals surface area contributed by atoms with Crippen molar-refractivity contribution in [1.82, 2.24) is 0 Å². The number of rotatable bonds is 15. The van der Waals surface area contributed by atoms with Gasteiger partial charge >= 0.3 is 15.2 Å². The van der Waals surface area contributed by atoms with Crippen molar-refractivity contribution in [3.63, 3.8) is 0 Å². The van der Waals surface area contributed by atoms with Crippen LogP contribution in [-0.4, -0.2) is 26.4 Å². The van der Waals surface area contributed by atoms with Crippen molar-refractivity contribution in [2.75, 3.05) is 26.4 Å². The largest absolute Gasteiger partial charge is 0.348 e. The predicted molar refractivity (Wildman–Crippen MR) is 135 cm³/mol. The van der Waals surface area contributed by atoms with E-state index in [1.807, 2.05) is 60.7 Å². The molecular weight excluding hydrogens is 486 g/mol. The molecule has 0 aliphatic rings. The monoisotopic (exact) mass is 518 g/mol. The molecule has 6 nitrogen and oxygen atoms in total. The SMILES string of the molecule is CCOP(=O)(OCC)C(SSC(c1ccccc1)P(=O)(OCC)OCC)c1ccccc1. The predicted octanol–water partition coefficient (Wildman–Crippen LogP) is 8.30. The van der Waals surface area contributed by atoms with E-state index in [0.29, 0.717) is 0 Å². The fraction of sp³-hybridized carbons (Fsp3) is 0.455. The summed E-state index contributed by atoms with van der Waals surface area (Å²) in [5.41, 5.74) is 1.62. The Hall–Kier alpha value is -0.560. The summed E-state index contributed by atoms with van der Waals surface area (Å²) < 4.78 is 50.2. The van der Waals surface area contributed by atoms with Crippen molar-refractivity contribution in [3.8, 4) is 0 Å². The minimum absolute atomic E-state index is 0.254. The van der Waals surface area contributed by atoms with Gasteiger partial charge in [0.05, 0.1) is 26.4 Å². The normalized spacial score (nSPS) is 14.2. The molecule has 32 heavy (non-hydrogen) atoms. The molecule has 0 saturated heterocycles. The molecule has 0 spiro atoms. The average Bonchev–Trinajstić information content (AvgIpc) is 2.78. The molecule has 0 heterocycles. The molecule has 2 unspecified atom stereocenters. The van der Waals surface area contributed by atoms with Gasteiger partial charge in [-0.2, -0.15) is 0 Å². The second-order valence-corrected chi connectivity index (χ2v) is 13.9. The van der Waals surface area contributed by atoms with Crippen LogP contribution >= 0.6 is 36.8 Å². The zero-order valence-electron chi connectivity index (χ0n) is 18.9. The minimum atomic E-state index is -3.51. The van der Waals surface area contributed by atoms with Gasteiger partial charge in [-0.05, 0) is 38.8 Å². The molecule has 0 fully saturated rings. The van der Waals surface area contributed by atoms with Crippen molar-refractivity contribution < 1.29 is 27.2 Å². The zero-order chi connectivity index (χ0) is 23.5. The summed E-state index contributed by atoms with van der Waals surface area (Å²) in [6.45, 7) is 8.17. The molecule has 0 N–H and O–H groups in total. The summed E-state index contributed by atoms with van der Waals surface area (Å²) in [6, 6.07) is 18.9. The van der Waals surface area contributed by atoms with Crippen LogP contribution in [-0.2, 0) is 27.2 Å². The number of hydrogen-bond donors (Lipinski definition) is 0. The highest BCUT2D eigenvalue weighted by molar-refractivity contribution is 8.78. The third-order valence-electron chi connectivity index (χ3n) is 4.22. The van der Waals surface area contributed by atoms with Gasteiger partial charge in [0.2, 0.25) is 0 Å². The molecule has 178 valence electrons. The summed E-state index contributed by atoms with van der Waals surface area (Å²) in [5, 5.41) is 0. The van der Waals surface area contributed by atoms with E-state index in [9.17, 15) is 9.13 Å². The van der Waals surface area contributed by atoms with Crippen LogP contribution in [0.5, 0.6) is 0 Å². The summed E-state index contributed by atoms with van der Waals surface area (Å²) in [7, 11) is -4.39. The molecular formula is C22H32O6P2S2. The maximum atomic E-state index is 13.8. The van der Waals surface area contributed by atoms with Gasteiger partial charge < -0.3 is 18.1 Å². The minimum Gasteiger partial charge on any atom is -0.308 e. The standard InChI is InChI=1S/C22H32O6P2S2/c1-5-25-29(23,26-6-2)21(19-15-11-9-12-16-19)31-32-22(20-17-13-10-14-18-20)30(24,27-7-3)28-8-4/h9-18,21-22H,5-8H2,1-4H3. The average molecular weight is 519 g/mol. The second-order valence-electron chi connectivity index (χ2n) is 6.47. The maximum absolute atomic E-state index is 13.8. The first-order valence-electron chi connectivity index (χ1n) is 10.6. The van der Waals surface area contributed by atoms with Crippen molar-refractivity contribution in [2.45, 2.75) is 37.7 Å². The van der Waals surface area contributed by atoms with E-state index in [0.717, 1.165) is 11.1 Å². The Morgan fingerprint density at radius 1 is 0.594 bits per heavy atom. The van der Waals surface area contributed by atoms with Crippen LogP contribution in [0.25, 0.3) is 0 Å². The van der Waals surface area contributed by atoms with Crippen molar-refractivity contribution >= 4 is 36.8 Å². The highest BCUT2D eigenvalue weighted by atomic mass is 33.1. The van der Waals surface area contributed by atoms with Crippen LogP contribution in [0.3, 0.4) is 0 Å². The summed E-state index contributed by atoms with van der Waals surface area (Å²) in [4.78, 5) is -1.23. The fourth-order valence-corrected chi connectivity index (χ4v) is 12.6. The Morgan fingerprint density at radius 2 is 0.875 bits per heavy atom. The topological polar surface area (TPSA) is 71.1 Å². The van der Waals surface area contributed by atoms with E-state index in [2.05, 4.69) is 0 Å². The van der Waals surface area contributed by atoms with Gasteiger partial charge in [0, 0.05) is 0 Å². The van der Waals surface area contributed by atoms with Crippen LogP contribution < -0.4 is 0 Å². The van der Waals surface area contributed by atoms with Crippen LogP contribution in [0.15, 0.2) is 60.7 Å². The van der Waals surface area contributed by atoms with Gasteiger partial charge in [0.25, 0.3) is 0 Å². The lowest BCUT2D eigenvalue weighted by molar-refractivity contribution is 0.217. The second kappa shape index (κ2) is 14.0. The molecule has 2 rings (SSSR count). The Balaban J connectivity index is 2.45. The molecule has 0 aliphatic carbocycles. The lowest BCUT2D eigenvalue weighted by atomic mass is 10.2. The zero-order valence-corrected chi connectivity index (χ0v) is 22.3. The van der Waals surface area contributed by atoms with Crippen molar-refractivity contribution in [3.05, 3.63) is 71.8 Å². The highest BCUT2D eigenvalue weighted by Gasteiger charge is 2.42. The Labute approximate surface area is 199 Å². The molecule has 0 saturated carbocycles. The number of benzene rings is 2.